The van der Waals surface area contributed by atoms with Crippen molar-refractivity contribution in [3.8, 4) is 29.0 Å². The molecule has 0 aliphatic carbocycles. The third-order valence-corrected chi connectivity index (χ3v) is 14.4. The number of hydrogen-bond acceptors (Lipinski definition) is 2. The van der Waals surface area contributed by atoms with E-state index in [2.05, 4.69) is 119 Å². The molecule has 1 heterocycles. The fourth-order valence-electron chi connectivity index (χ4n) is 7.57. The number of fused-ring (bicyclic) bond motifs is 3. The van der Waals surface area contributed by atoms with Crippen molar-refractivity contribution in [3.63, 3.8) is 0 Å². The van der Waals surface area contributed by atoms with Crippen LogP contribution in [0.2, 0.25) is 0 Å². The molecule has 0 fully saturated rings. The Bertz CT molecular complexity index is 2580. The van der Waals surface area contributed by atoms with Crippen LogP contribution in [0.25, 0.3) is 43.5 Å². The Morgan fingerprint density at radius 1 is 0.520 bits per heavy atom. The van der Waals surface area contributed by atoms with Gasteiger partial charge < -0.3 is 4.57 Å². The first-order chi connectivity index (χ1) is 24.7. The van der Waals surface area contributed by atoms with Crippen LogP contribution in [0.3, 0.4) is 0 Å². The molecule has 0 N–H and O–H groups in total. The Labute approximate surface area is 291 Å². The first kappa shape index (κ1) is 30.4. The van der Waals surface area contributed by atoms with E-state index in [0.717, 1.165) is 59.4 Å². The number of benzene rings is 7. The minimum Gasteiger partial charge on any atom is -0.309 e. The van der Waals surface area contributed by atoms with Gasteiger partial charge in [-0.25, -0.2) is 4.85 Å². The maximum absolute atomic E-state index is 10.4. The lowest BCUT2D eigenvalue weighted by Crippen LogP contribution is -2.75. The van der Waals surface area contributed by atoms with Crippen LogP contribution in [0.5, 0.6) is 0 Å². The van der Waals surface area contributed by atoms with Gasteiger partial charge in [0.25, 0.3) is 0 Å². The zero-order chi connectivity index (χ0) is 34.1. The van der Waals surface area contributed by atoms with Crippen LogP contribution in [0.15, 0.2) is 170 Å². The maximum Gasteiger partial charge on any atom is 0.196 e. The molecule has 0 bridgehead atoms. The van der Waals surface area contributed by atoms with Gasteiger partial charge >= 0.3 is 0 Å². The highest BCUT2D eigenvalue weighted by molar-refractivity contribution is 7.20. The van der Waals surface area contributed by atoms with Crippen molar-refractivity contribution in [2.75, 3.05) is 0 Å². The predicted octanol–water partition coefficient (Wildman–Crippen LogP) is 8.12. The van der Waals surface area contributed by atoms with Gasteiger partial charge in [0.1, 0.15) is 0 Å². The van der Waals surface area contributed by atoms with E-state index < -0.39 is 8.07 Å². The van der Waals surface area contributed by atoms with E-state index in [1.165, 1.54) is 0 Å². The first-order valence-electron chi connectivity index (χ1n) is 16.3. The Morgan fingerprint density at radius 3 is 1.66 bits per heavy atom. The average Bonchev–Trinajstić information content (AvgIpc) is 3.52. The number of nitrogens with zero attached hydrogens (tertiary/aromatic N) is 4. The van der Waals surface area contributed by atoms with Crippen LogP contribution in [0.4, 0.5) is 5.69 Å². The fourth-order valence-corrected chi connectivity index (χ4v) is 12.6. The van der Waals surface area contributed by atoms with Crippen molar-refractivity contribution in [1.29, 1.82) is 10.5 Å². The smallest absolute Gasteiger partial charge is 0.196 e. The van der Waals surface area contributed by atoms with Gasteiger partial charge in [0, 0.05) is 16.3 Å². The highest BCUT2D eigenvalue weighted by Crippen LogP contribution is 2.40. The Hall–Kier alpha value is -6.97. The lowest BCUT2D eigenvalue weighted by molar-refractivity contribution is 1.18. The molecule has 4 nitrogen and oxygen atoms in total. The third-order valence-electron chi connectivity index (χ3n) is 9.61. The highest BCUT2D eigenvalue weighted by atomic mass is 28.3. The summed E-state index contributed by atoms with van der Waals surface area (Å²) in [4.78, 5) is 4.16. The molecule has 0 atom stereocenters. The standard InChI is InChI=1S/C45H28N4Si/c1-48-40-28-33(31-47)29-44(50(34-15-5-2-6-16-34,35-17-7-3-8-18-35)36-19-9-4-10-20-36)45(40)38-22-12-14-24-42(38)49-41-23-13-11-21-37(41)39-27-32(30-46)25-26-43(39)49/h2-29H. The Balaban J connectivity index is 1.57. The maximum atomic E-state index is 10.4. The number of nitriles is 2. The minimum atomic E-state index is -3.19. The second-order valence-electron chi connectivity index (χ2n) is 12.2. The second kappa shape index (κ2) is 12.6. The van der Waals surface area contributed by atoms with Crippen molar-refractivity contribution in [3.05, 3.63) is 192 Å². The largest absolute Gasteiger partial charge is 0.309 e. The molecule has 0 aliphatic rings. The topological polar surface area (TPSA) is 56.9 Å². The summed E-state index contributed by atoms with van der Waals surface area (Å²) in [6.07, 6.45) is 0. The monoisotopic (exact) mass is 652 g/mol. The molecule has 0 spiro atoms. The summed E-state index contributed by atoms with van der Waals surface area (Å²) in [5.74, 6) is 0. The van der Waals surface area contributed by atoms with Crippen molar-refractivity contribution in [2.45, 2.75) is 0 Å². The quantitative estimate of drug-likeness (QED) is 0.104. The molecule has 50 heavy (non-hydrogen) atoms. The van der Waals surface area contributed by atoms with Gasteiger partial charge in [-0.05, 0) is 74.3 Å². The molecule has 7 aromatic carbocycles. The summed E-state index contributed by atoms with van der Waals surface area (Å²) in [6.45, 7) is 8.57. The highest BCUT2D eigenvalue weighted by Gasteiger charge is 2.44. The van der Waals surface area contributed by atoms with Crippen LogP contribution in [0.1, 0.15) is 11.1 Å². The zero-order valence-electron chi connectivity index (χ0n) is 27.0. The molecule has 8 rings (SSSR count). The second-order valence-corrected chi connectivity index (χ2v) is 16.0. The molecule has 0 radical (unpaired) electrons. The Kier molecular flexibility index (Phi) is 7.63. The normalized spacial score (nSPS) is 11.1. The molecular weight excluding hydrogens is 625 g/mol. The molecule has 232 valence electrons. The van der Waals surface area contributed by atoms with E-state index in [1.807, 2.05) is 66.7 Å². The van der Waals surface area contributed by atoms with Gasteiger partial charge in [-0.2, -0.15) is 10.5 Å². The van der Waals surface area contributed by atoms with Crippen LogP contribution >= 0.6 is 0 Å². The van der Waals surface area contributed by atoms with E-state index in [4.69, 9.17) is 6.57 Å². The molecule has 1 aromatic heterocycles. The van der Waals surface area contributed by atoms with E-state index in [-0.39, 0.29) is 0 Å². The number of rotatable bonds is 6. The number of para-hydroxylation sites is 2. The van der Waals surface area contributed by atoms with Gasteiger partial charge in [0.2, 0.25) is 0 Å². The van der Waals surface area contributed by atoms with Crippen LogP contribution < -0.4 is 20.7 Å². The molecule has 0 saturated carbocycles. The molecule has 0 amide bonds. The van der Waals surface area contributed by atoms with E-state index >= 15 is 0 Å². The van der Waals surface area contributed by atoms with Gasteiger partial charge in [-0.1, -0.05) is 127 Å². The van der Waals surface area contributed by atoms with Crippen molar-refractivity contribution in [1.82, 2.24) is 4.57 Å². The van der Waals surface area contributed by atoms with E-state index in [1.54, 1.807) is 6.07 Å². The van der Waals surface area contributed by atoms with E-state index in [0.29, 0.717) is 16.8 Å². The molecule has 0 unspecified atom stereocenters. The van der Waals surface area contributed by atoms with Gasteiger partial charge in [-0.3, -0.25) is 0 Å². The summed E-state index contributed by atoms with van der Waals surface area (Å²) in [5.41, 5.74) is 6.07. The summed E-state index contributed by atoms with van der Waals surface area (Å²) in [6, 6.07) is 62.5. The number of aromatic nitrogens is 1. The predicted molar refractivity (Wildman–Crippen MR) is 206 cm³/mol. The Morgan fingerprint density at radius 2 is 1.06 bits per heavy atom. The van der Waals surface area contributed by atoms with Crippen molar-refractivity contribution in [2.24, 2.45) is 0 Å². The average molecular weight is 653 g/mol. The minimum absolute atomic E-state index is 0.429. The molecule has 0 saturated heterocycles. The summed E-state index contributed by atoms with van der Waals surface area (Å²) < 4.78 is 2.24. The molecule has 5 heteroatoms. The van der Waals surface area contributed by atoms with Gasteiger partial charge in [0.15, 0.2) is 13.8 Å². The fraction of sp³-hybridized carbons (Fsp3) is 0. The third kappa shape index (κ3) is 4.72. The summed E-state index contributed by atoms with van der Waals surface area (Å²) in [7, 11) is -3.19. The van der Waals surface area contributed by atoms with Crippen LogP contribution in [-0.4, -0.2) is 12.6 Å². The zero-order valence-corrected chi connectivity index (χ0v) is 28.0. The lowest BCUT2D eigenvalue weighted by Gasteiger charge is -2.37. The molecule has 8 aromatic rings. The summed E-state index contributed by atoms with van der Waals surface area (Å²) in [5, 5.41) is 26.7. The van der Waals surface area contributed by atoms with Crippen molar-refractivity contribution < 1.29 is 0 Å². The van der Waals surface area contributed by atoms with Crippen molar-refractivity contribution >= 4 is 56.3 Å². The molecular formula is C45H28N4Si. The molecule has 0 aliphatic heterocycles. The van der Waals surface area contributed by atoms with Gasteiger partial charge in [-0.15, -0.1) is 0 Å². The lowest BCUT2D eigenvalue weighted by atomic mass is 9.99. The van der Waals surface area contributed by atoms with Crippen LogP contribution in [0, 0.1) is 29.2 Å². The van der Waals surface area contributed by atoms with E-state index in [9.17, 15) is 10.5 Å². The van der Waals surface area contributed by atoms with Crippen LogP contribution in [-0.2, 0) is 0 Å². The SMILES string of the molecule is [C-]#[N+]c1cc(C#N)cc([Si](c2ccccc2)(c2ccccc2)c2ccccc2)c1-c1ccccc1-n1c2ccccc2c2cc(C#N)ccc21. The first-order valence-corrected chi connectivity index (χ1v) is 18.3. The number of hydrogen-bond donors (Lipinski definition) is 0. The summed E-state index contributed by atoms with van der Waals surface area (Å²) >= 11 is 0. The van der Waals surface area contributed by atoms with Gasteiger partial charge in [0.05, 0.1) is 41.0 Å².